The van der Waals surface area contributed by atoms with Crippen LogP contribution in [0.3, 0.4) is 0 Å². The highest BCUT2D eigenvalue weighted by Crippen LogP contribution is 2.33. The van der Waals surface area contributed by atoms with E-state index < -0.39 is 0 Å². The summed E-state index contributed by atoms with van der Waals surface area (Å²) < 4.78 is 0.842. The average molecular weight is 437 g/mol. The molecule has 0 unspecified atom stereocenters. The summed E-state index contributed by atoms with van der Waals surface area (Å²) in [6, 6.07) is 8.12. The molecule has 5 nitrogen and oxygen atoms in total. The molecule has 4 aromatic heterocycles. The molecule has 10 heteroatoms. The second-order valence-electron chi connectivity index (χ2n) is 5.11. The fourth-order valence-electron chi connectivity index (χ4n) is 2.11. The number of rotatable bonds is 6. The molecule has 132 valence electrons. The molecule has 0 atom stereocenters. The van der Waals surface area contributed by atoms with Crippen molar-refractivity contribution < 1.29 is 4.79 Å². The topological polar surface area (TPSA) is 67.8 Å². The first-order valence-electron chi connectivity index (χ1n) is 7.50. The van der Waals surface area contributed by atoms with E-state index in [9.17, 15) is 4.79 Å². The van der Waals surface area contributed by atoms with Gasteiger partial charge in [0.05, 0.1) is 10.6 Å². The Labute approximate surface area is 170 Å². The normalized spacial score (nSPS) is 11.0. The molecule has 0 aliphatic rings. The van der Waals surface area contributed by atoms with Gasteiger partial charge in [0.15, 0.2) is 4.34 Å². The SMILES string of the molecule is Cc1nc(-c2cccs2)sc1C(=O)Nc1nnc(SCc2cccs2)s1. The van der Waals surface area contributed by atoms with Crippen molar-refractivity contribution in [2.75, 3.05) is 5.32 Å². The number of thiophene rings is 2. The van der Waals surface area contributed by atoms with Gasteiger partial charge < -0.3 is 0 Å². The molecule has 26 heavy (non-hydrogen) atoms. The summed E-state index contributed by atoms with van der Waals surface area (Å²) in [6.07, 6.45) is 0. The van der Waals surface area contributed by atoms with E-state index in [2.05, 4.69) is 31.9 Å². The summed E-state index contributed by atoms with van der Waals surface area (Å²) in [7, 11) is 0. The van der Waals surface area contributed by atoms with Crippen molar-refractivity contribution in [2.24, 2.45) is 0 Å². The Hall–Kier alpha value is -1.59. The quantitative estimate of drug-likeness (QED) is 0.313. The zero-order chi connectivity index (χ0) is 17.9. The molecule has 0 spiro atoms. The molecule has 0 radical (unpaired) electrons. The molecular formula is C16H12N4OS5. The smallest absolute Gasteiger partial charge is 0.269 e. The summed E-state index contributed by atoms with van der Waals surface area (Å²) in [6.45, 7) is 1.85. The number of nitrogens with one attached hydrogen (secondary N) is 1. The molecule has 0 aromatic carbocycles. The van der Waals surface area contributed by atoms with Gasteiger partial charge in [-0.15, -0.1) is 44.2 Å². The molecule has 0 fully saturated rings. The third kappa shape index (κ3) is 4.04. The van der Waals surface area contributed by atoms with Crippen LogP contribution in [0.4, 0.5) is 5.13 Å². The summed E-state index contributed by atoms with van der Waals surface area (Å²) in [5, 5.41) is 16.5. The molecule has 1 amide bonds. The van der Waals surface area contributed by atoms with Gasteiger partial charge in [-0.05, 0) is 29.8 Å². The summed E-state index contributed by atoms with van der Waals surface area (Å²) in [5.41, 5.74) is 0.729. The van der Waals surface area contributed by atoms with E-state index >= 15 is 0 Å². The predicted octanol–water partition coefficient (Wildman–Crippen LogP) is 5.64. The Bertz CT molecular complexity index is 1000. The lowest BCUT2D eigenvalue weighted by Gasteiger charge is -1.98. The summed E-state index contributed by atoms with van der Waals surface area (Å²) in [5.74, 6) is 0.673. The maximum absolute atomic E-state index is 12.6. The Morgan fingerprint density at radius 3 is 2.77 bits per heavy atom. The fraction of sp³-hybridized carbons (Fsp3) is 0.125. The molecule has 0 bridgehead atoms. The van der Waals surface area contributed by atoms with Gasteiger partial charge in [-0.2, -0.15) is 0 Å². The molecule has 0 saturated heterocycles. The first kappa shape index (κ1) is 17.8. The number of thiazole rings is 1. The van der Waals surface area contributed by atoms with E-state index in [-0.39, 0.29) is 5.91 Å². The number of hydrogen-bond donors (Lipinski definition) is 1. The van der Waals surface area contributed by atoms with Crippen molar-refractivity contribution in [2.45, 2.75) is 17.0 Å². The van der Waals surface area contributed by atoms with Crippen LogP contribution in [0.5, 0.6) is 0 Å². The zero-order valence-electron chi connectivity index (χ0n) is 13.5. The van der Waals surface area contributed by atoms with E-state index in [0.717, 1.165) is 25.7 Å². The Morgan fingerprint density at radius 2 is 2.00 bits per heavy atom. The molecule has 4 rings (SSSR count). The van der Waals surface area contributed by atoms with Gasteiger partial charge in [0.2, 0.25) is 5.13 Å². The van der Waals surface area contributed by atoms with E-state index in [4.69, 9.17) is 0 Å². The second kappa shape index (κ2) is 7.97. The number of thioether (sulfide) groups is 1. The van der Waals surface area contributed by atoms with Crippen molar-refractivity contribution in [3.05, 3.63) is 50.5 Å². The number of aromatic nitrogens is 3. The van der Waals surface area contributed by atoms with Crippen LogP contribution in [0.2, 0.25) is 0 Å². The van der Waals surface area contributed by atoms with Crippen LogP contribution in [0.1, 0.15) is 20.2 Å². The predicted molar refractivity (Wildman–Crippen MR) is 112 cm³/mol. The van der Waals surface area contributed by atoms with E-state index in [0.29, 0.717) is 10.0 Å². The first-order valence-corrected chi connectivity index (χ1v) is 11.9. The van der Waals surface area contributed by atoms with E-state index in [1.54, 1.807) is 34.4 Å². The van der Waals surface area contributed by atoms with Gasteiger partial charge in [0.25, 0.3) is 5.91 Å². The van der Waals surface area contributed by atoms with Crippen molar-refractivity contribution in [3.8, 4) is 9.88 Å². The van der Waals surface area contributed by atoms with Crippen LogP contribution in [0.15, 0.2) is 39.4 Å². The van der Waals surface area contributed by atoms with Crippen LogP contribution < -0.4 is 5.32 Å². The van der Waals surface area contributed by atoms with Crippen LogP contribution in [0.25, 0.3) is 9.88 Å². The highest BCUT2D eigenvalue weighted by Gasteiger charge is 2.18. The lowest BCUT2D eigenvalue weighted by molar-refractivity contribution is 0.102. The zero-order valence-corrected chi connectivity index (χ0v) is 17.5. The van der Waals surface area contributed by atoms with Crippen molar-refractivity contribution >= 4 is 68.1 Å². The highest BCUT2D eigenvalue weighted by atomic mass is 32.2. The molecule has 4 heterocycles. The third-order valence-corrected chi connectivity index (χ3v) is 8.55. The minimum Gasteiger partial charge on any atom is -0.296 e. The maximum atomic E-state index is 12.6. The standard InChI is InChI=1S/C16H12N4OS5/c1-9-12(25-14(17-9)11-5-3-7-23-11)13(21)18-15-19-20-16(26-15)24-8-10-4-2-6-22-10/h2-7H,8H2,1H3,(H,18,19,21). The number of amides is 1. The number of nitrogens with zero attached hydrogens (tertiary/aromatic N) is 3. The van der Waals surface area contributed by atoms with Gasteiger partial charge in [0, 0.05) is 10.6 Å². The molecule has 0 aliphatic carbocycles. The fourth-order valence-corrected chi connectivity index (χ4v) is 6.39. The molecular weight excluding hydrogens is 425 g/mol. The van der Waals surface area contributed by atoms with Gasteiger partial charge in [-0.25, -0.2) is 4.98 Å². The third-order valence-electron chi connectivity index (χ3n) is 3.28. The average Bonchev–Trinajstić information content (AvgIpc) is 3.40. The molecule has 0 saturated carbocycles. The Kier molecular flexibility index (Phi) is 5.46. The van der Waals surface area contributed by atoms with Gasteiger partial charge in [-0.1, -0.05) is 35.2 Å². The van der Waals surface area contributed by atoms with Crippen molar-refractivity contribution in [1.82, 2.24) is 15.2 Å². The second-order valence-corrected chi connectivity index (χ2v) is 10.3. The lowest BCUT2D eigenvalue weighted by Crippen LogP contribution is -2.11. The van der Waals surface area contributed by atoms with Crippen LogP contribution in [0, 0.1) is 6.92 Å². The lowest BCUT2D eigenvalue weighted by atomic mass is 10.4. The maximum Gasteiger partial charge on any atom is 0.269 e. The van der Waals surface area contributed by atoms with Gasteiger partial charge >= 0.3 is 0 Å². The molecule has 0 aliphatic heterocycles. The van der Waals surface area contributed by atoms with Crippen molar-refractivity contribution in [3.63, 3.8) is 0 Å². The molecule has 1 N–H and O–H groups in total. The van der Waals surface area contributed by atoms with Crippen LogP contribution in [-0.4, -0.2) is 21.1 Å². The number of anilines is 1. The number of carbonyl (C=O) groups excluding carboxylic acids is 1. The minimum absolute atomic E-state index is 0.186. The summed E-state index contributed by atoms with van der Waals surface area (Å²) in [4.78, 5) is 20.0. The Balaban J connectivity index is 1.42. The molecule has 4 aromatic rings. The van der Waals surface area contributed by atoms with E-state index in [1.165, 1.54) is 27.6 Å². The first-order chi connectivity index (χ1) is 12.7. The number of carbonyl (C=O) groups is 1. The van der Waals surface area contributed by atoms with Gasteiger partial charge in [0.1, 0.15) is 9.88 Å². The van der Waals surface area contributed by atoms with Crippen LogP contribution in [-0.2, 0) is 5.75 Å². The van der Waals surface area contributed by atoms with Crippen molar-refractivity contribution in [1.29, 1.82) is 0 Å². The van der Waals surface area contributed by atoms with Crippen LogP contribution >= 0.6 is 57.1 Å². The number of aryl methyl sites for hydroxylation is 1. The number of hydrogen-bond acceptors (Lipinski definition) is 9. The Morgan fingerprint density at radius 1 is 1.15 bits per heavy atom. The van der Waals surface area contributed by atoms with E-state index in [1.807, 2.05) is 30.5 Å². The summed E-state index contributed by atoms with van der Waals surface area (Å²) >= 11 is 7.75. The minimum atomic E-state index is -0.186. The monoisotopic (exact) mass is 436 g/mol. The highest BCUT2D eigenvalue weighted by molar-refractivity contribution is 8.00. The van der Waals surface area contributed by atoms with Gasteiger partial charge in [-0.3, -0.25) is 10.1 Å². The largest absolute Gasteiger partial charge is 0.296 e.